The summed E-state index contributed by atoms with van der Waals surface area (Å²) in [5.74, 6) is 0. The lowest BCUT2D eigenvalue weighted by Gasteiger charge is -2.50. The summed E-state index contributed by atoms with van der Waals surface area (Å²) in [5.41, 5.74) is 0. The summed E-state index contributed by atoms with van der Waals surface area (Å²) in [6.07, 6.45) is 11.4. The van der Waals surface area contributed by atoms with Gasteiger partial charge in [-0.3, -0.25) is 0 Å². The van der Waals surface area contributed by atoms with Gasteiger partial charge < -0.3 is 8.79 Å². The highest BCUT2D eigenvalue weighted by Crippen LogP contribution is 2.37. The van der Waals surface area contributed by atoms with Gasteiger partial charge in [-0.2, -0.15) is 0 Å². The third-order valence-electron chi connectivity index (χ3n) is 8.96. The molecular formula is C18H44B2N2. The third-order valence-corrected chi connectivity index (χ3v) is 8.96. The van der Waals surface area contributed by atoms with Crippen LogP contribution in [0.15, 0.2) is 0 Å². The standard InChI is InChI=1S/2C9H22BN/c2*1-5-10(6-2)8-7-9-11(10,3)4/h2*5-9H2,1-4H3. The van der Waals surface area contributed by atoms with Crippen LogP contribution < -0.4 is 0 Å². The molecule has 4 heteroatoms. The van der Waals surface area contributed by atoms with Gasteiger partial charge in [0.1, 0.15) is 0 Å². The molecule has 22 heavy (non-hydrogen) atoms. The molecule has 0 aromatic carbocycles. The predicted octanol–water partition coefficient (Wildman–Crippen LogP) is 4.90. The number of nitrogens with zero attached hydrogens (tertiary/aromatic N) is 2. The van der Waals surface area contributed by atoms with Crippen LogP contribution in [0.25, 0.3) is 0 Å². The Morgan fingerprint density at radius 3 is 0.955 bits per heavy atom. The average molecular weight is 310 g/mol. The Morgan fingerprint density at radius 2 is 0.864 bits per heavy atom. The molecule has 2 aliphatic heterocycles. The molecule has 2 heterocycles. The van der Waals surface area contributed by atoms with Gasteiger partial charge in [0.25, 0.3) is 0 Å². The molecule has 2 saturated heterocycles. The first-order valence-corrected chi connectivity index (χ1v) is 10.2. The quantitative estimate of drug-likeness (QED) is 0.648. The largest absolute Gasteiger partial charge is 0.520 e. The molecule has 0 amide bonds. The van der Waals surface area contributed by atoms with Crippen LogP contribution in [0.2, 0.25) is 37.9 Å². The second kappa shape index (κ2) is 7.30. The highest BCUT2D eigenvalue weighted by Gasteiger charge is 2.43. The Balaban J connectivity index is 0.000000220. The molecule has 0 saturated carbocycles. The van der Waals surface area contributed by atoms with Crippen LogP contribution in [0.1, 0.15) is 40.5 Å². The fourth-order valence-corrected chi connectivity index (χ4v) is 6.38. The molecule has 0 aromatic rings. The zero-order chi connectivity index (χ0) is 17.1. The molecule has 0 aliphatic carbocycles. The predicted molar refractivity (Wildman–Crippen MR) is 106 cm³/mol. The topological polar surface area (TPSA) is 0 Å². The number of hydrogen-bond acceptors (Lipinski definition) is 0. The van der Waals surface area contributed by atoms with Crippen molar-refractivity contribution >= 4 is 12.6 Å². The van der Waals surface area contributed by atoms with Crippen molar-refractivity contribution < 1.29 is 8.79 Å². The van der Waals surface area contributed by atoms with Gasteiger partial charge in [-0.25, -0.2) is 0 Å². The summed E-state index contributed by atoms with van der Waals surface area (Å²) >= 11 is 0. The van der Waals surface area contributed by atoms with Gasteiger partial charge in [0.05, 0.1) is 0 Å². The van der Waals surface area contributed by atoms with E-state index in [0.717, 1.165) is 0 Å². The molecule has 0 aromatic heterocycles. The van der Waals surface area contributed by atoms with Gasteiger partial charge in [0, 0.05) is 41.3 Å². The van der Waals surface area contributed by atoms with E-state index < -0.39 is 0 Å². The van der Waals surface area contributed by atoms with Crippen molar-refractivity contribution in [1.82, 2.24) is 0 Å². The second-order valence-corrected chi connectivity index (χ2v) is 9.75. The van der Waals surface area contributed by atoms with Crippen LogP contribution in [0.3, 0.4) is 0 Å². The van der Waals surface area contributed by atoms with Crippen LogP contribution in [0.4, 0.5) is 0 Å². The van der Waals surface area contributed by atoms with E-state index in [-0.39, 0.29) is 12.6 Å². The fraction of sp³-hybridized carbons (Fsp3) is 1.00. The molecule has 0 atom stereocenters. The van der Waals surface area contributed by atoms with Gasteiger partial charge in [0.15, 0.2) is 0 Å². The second-order valence-electron chi connectivity index (χ2n) is 9.75. The first kappa shape index (κ1) is 20.1. The Bertz CT molecular complexity index is 311. The van der Waals surface area contributed by atoms with Crippen molar-refractivity contribution in [3.05, 3.63) is 0 Å². The molecular weight excluding hydrogens is 266 g/mol. The number of quaternary nitrogens is 2. The molecule has 0 radical (unpaired) electrons. The lowest BCUT2D eigenvalue weighted by atomic mass is 9.29. The maximum Gasteiger partial charge on any atom is 0.208 e. The molecule has 0 N–H and O–H groups in total. The minimum Gasteiger partial charge on any atom is -0.520 e. The highest BCUT2D eigenvalue weighted by molar-refractivity contribution is 6.73. The van der Waals surface area contributed by atoms with E-state index in [0.29, 0.717) is 0 Å². The van der Waals surface area contributed by atoms with Gasteiger partial charge in [0.2, 0.25) is 12.6 Å². The Kier molecular flexibility index (Phi) is 6.67. The third kappa shape index (κ3) is 3.43. The molecule has 2 fully saturated rings. The maximum absolute atomic E-state index is 2.42. The Hall–Kier alpha value is 0.0499. The van der Waals surface area contributed by atoms with E-state index in [1.165, 1.54) is 72.6 Å². The number of rotatable bonds is 4. The molecule has 0 unspecified atom stereocenters. The van der Waals surface area contributed by atoms with Crippen molar-refractivity contribution in [1.29, 1.82) is 0 Å². The first-order valence-electron chi connectivity index (χ1n) is 10.2. The van der Waals surface area contributed by atoms with Crippen molar-refractivity contribution in [2.24, 2.45) is 0 Å². The Morgan fingerprint density at radius 1 is 0.591 bits per heavy atom. The van der Waals surface area contributed by atoms with Gasteiger partial charge >= 0.3 is 0 Å². The molecule has 2 rings (SSSR count). The summed E-state index contributed by atoms with van der Waals surface area (Å²) in [6.45, 7) is 12.3. The van der Waals surface area contributed by atoms with Gasteiger partial charge in [-0.15, -0.1) is 37.9 Å². The van der Waals surface area contributed by atoms with Crippen LogP contribution in [-0.2, 0) is 0 Å². The average Bonchev–Trinajstić information content (AvgIpc) is 2.95. The normalized spacial score (nSPS) is 27.3. The molecule has 132 valence electrons. The molecule has 0 bridgehead atoms. The van der Waals surface area contributed by atoms with Crippen LogP contribution in [0.5, 0.6) is 0 Å². The zero-order valence-electron chi connectivity index (χ0n) is 17.1. The molecule has 0 spiro atoms. The van der Waals surface area contributed by atoms with Crippen LogP contribution in [0, 0.1) is 0 Å². The maximum atomic E-state index is 2.42. The Labute approximate surface area is 141 Å². The minimum atomic E-state index is -0.0556. The molecule has 2 aliphatic rings. The van der Waals surface area contributed by atoms with Crippen LogP contribution in [-0.4, -0.2) is 62.6 Å². The lowest BCUT2D eigenvalue weighted by molar-refractivity contribution is -0.785. The van der Waals surface area contributed by atoms with E-state index in [2.05, 4.69) is 55.9 Å². The molecule has 2 nitrogen and oxygen atoms in total. The van der Waals surface area contributed by atoms with E-state index in [9.17, 15) is 0 Å². The fourth-order valence-electron chi connectivity index (χ4n) is 6.38. The van der Waals surface area contributed by atoms with Crippen LogP contribution >= 0.6 is 0 Å². The summed E-state index contributed by atoms with van der Waals surface area (Å²) in [6, 6.07) is 0. The van der Waals surface area contributed by atoms with Crippen molar-refractivity contribution in [3.8, 4) is 0 Å². The first-order chi connectivity index (χ1) is 10.2. The number of hydrogen-bond donors (Lipinski definition) is 0. The van der Waals surface area contributed by atoms with E-state index in [1.807, 2.05) is 0 Å². The van der Waals surface area contributed by atoms with E-state index in [4.69, 9.17) is 0 Å². The van der Waals surface area contributed by atoms with Crippen molar-refractivity contribution in [3.63, 3.8) is 0 Å². The van der Waals surface area contributed by atoms with Gasteiger partial charge in [-0.05, 0) is 12.8 Å². The SMILES string of the molecule is CC[B-]1(CC)CCC[N+]1(C)C.CC[B-]1(CC)CCC[N+]1(C)C. The highest BCUT2D eigenvalue weighted by atomic mass is 15.3. The summed E-state index contributed by atoms with van der Waals surface area (Å²) < 4.78 is 2.62. The monoisotopic (exact) mass is 310 g/mol. The van der Waals surface area contributed by atoms with Crippen molar-refractivity contribution in [2.75, 3.05) is 41.3 Å². The summed E-state index contributed by atoms with van der Waals surface area (Å²) in [4.78, 5) is 0. The summed E-state index contributed by atoms with van der Waals surface area (Å²) in [7, 11) is 9.67. The van der Waals surface area contributed by atoms with Crippen molar-refractivity contribution in [2.45, 2.75) is 78.5 Å². The lowest BCUT2D eigenvalue weighted by Crippen LogP contribution is -2.58. The van der Waals surface area contributed by atoms with E-state index >= 15 is 0 Å². The minimum absolute atomic E-state index is 0.0556. The zero-order valence-corrected chi connectivity index (χ0v) is 17.1. The van der Waals surface area contributed by atoms with Gasteiger partial charge in [-0.1, -0.05) is 27.7 Å². The summed E-state index contributed by atoms with van der Waals surface area (Å²) in [5, 5.41) is 0. The smallest absolute Gasteiger partial charge is 0.208 e. The van der Waals surface area contributed by atoms with E-state index in [1.54, 1.807) is 0 Å².